The van der Waals surface area contributed by atoms with Crippen LogP contribution < -0.4 is 9.64 Å². The predicted octanol–water partition coefficient (Wildman–Crippen LogP) is 3.79. The Kier molecular flexibility index (Phi) is 5.53. The van der Waals surface area contributed by atoms with Crippen molar-refractivity contribution in [3.63, 3.8) is 0 Å². The van der Waals surface area contributed by atoms with Gasteiger partial charge in [-0.05, 0) is 30.7 Å². The molecule has 2 aromatic rings. The van der Waals surface area contributed by atoms with E-state index in [1.807, 2.05) is 4.90 Å². The van der Waals surface area contributed by atoms with Gasteiger partial charge in [-0.25, -0.2) is 9.78 Å². The van der Waals surface area contributed by atoms with Crippen LogP contribution >= 0.6 is 0 Å². The Bertz CT molecular complexity index is 811. The molecule has 0 amide bonds. The molecular formula is C19H19F3N2O3. The maximum absolute atomic E-state index is 13.0. The highest BCUT2D eigenvalue weighted by molar-refractivity contribution is 5.87. The first-order valence-corrected chi connectivity index (χ1v) is 8.48. The maximum Gasteiger partial charge on any atom is 0.419 e. The fourth-order valence-corrected chi connectivity index (χ4v) is 3.03. The molecule has 0 aliphatic carbocycles. The minimum Gasteiger partial charge on any atom is -0.493 e. The third kappa shape index (κ3) is 4.50. The second-order valence-electron chi connectivity index (χ2n) is 6.28. The van der Waals surface area contributed by atoms with E-state index in [9.17, 15) is 18.0 Å². The van der Waals surface area contributed by atoms with Gasteiger partial charge < -0.3 is 14.4 Å². The largest absolute Gasteiger partial charge is 0.493 e. The Hall–Kier alpha value is -2.77. The van der Waals surface area contributed by atoms with Crippen LogP contribution in [0.5, 0.6) is 5.75 Å². The van der Waals surface area contributed by atoms with Crippen molar-refractivity contribution in [1.29, 1.82) is 0 Å². The number of carbonyl (C=O) groups is 1. The van der Waals surface area contributed by atoms with Gasteiger partial charge in [0.15, 0.2) is 5.69 Å². The van der Waals surface area contributed by atoms with E-state index in [2.05, 4.69) is 9.72 Å². The number of rotatable bonds is 5. The lowest BCUT2D eigenvalue weighted by Crippen LogP contribution is -2.23. The number of pyridine rings is 1. The average molecular weight is 380 g/mol. The maximum atomic E-state index is 13.0. The molecule has 1 aromatic carbocycles. The van der Waals surface area contributed by atoms with Gasteiger partial charge in [-0.3, -0.25) is 0 Å². The highest BCUT2D eigenvalue weighted by Crippen LogP contribution is 2.36. The number of hydrogen-bond acceptors (Lipinski definition) is 5. The van der Waals surface area contributed by atoms with Gasteiger partial charge in [-0.2, -0.15) is 13.2 Å². The van der Waals surface area contributed by atoms with Gasteiger partial charge in [0.1, 0.15) is 11.6 Å². The van der Waals surface area contributed by atoms with E-state index in [-0.39, 0.29) is 24.0 Å². The summed E-state index contributed by atoms with van der Waals surface area (Å²) in [5.41, 5.74) is -0.555. The van der Waals surface area contributed by atoms with Gasteiger partial charge in [0.2, 0.25) is 0 Å². The molecule has 0 N–H and O–H groups in total. The van der Waals surface area contributed by atoms with Crippen molar-refractivity contribution in [1.82, 2.24) is 4.98 Å². The Morgan fingerprint density at radius 3 is 2.74 bits per heavy atom. The summed E-state index contributed by atoms with van der Waals surface area (Å²) >= 11 is 0. The molecule has 5 nitrogen and oxygen atoms in total. The summed E-state index contributed by atoms with van der Waals surface area (Å²) in [7, 11) is 1.29. The summed E-state index contributed by atoms with van der Waals surface area (Å²) in [6, 6.07) is 10.3. The fraction of sp³-hybridized carbons (Fsp3) is 0.368. The van der Waals surface area contributed by atoms with Crippen LogP contribution in [0.2, 0.25) is 0 Å². The summed E-state index contributed by atoms with van der Waals surface area (Å²) in [6.07, 6.45) is -3.69. The molecule has 1 aliphatic heterocycles. The second-order valence-corrected chi connectivity index (χ2v) is 6.28. The van der Waals surface area contributed by atoms with Gasteiger partial charge in [0, 0.05) is 19.0 Å². The van der Waals surface area contributed by atoms with Crippen LogP contribution in [0.25, 0.3) is 0 Å². The Labute approximate surface area is 154 Å². The molecule has 1 unspecified atom stereocenters. The van der Waals surface area contributed by atoms with Crippen molar-refractivity contribution >= 4 is 11.8 Å². The van der Waals surface area contributed by atoms with Crippen LogP contribution in [0.4, 0.5) is 19.0 Å². The van der Waals surface area contributed by atoms with Crippen LogP contribution in [-0.4, -0.2) is 37.8 Å². The molecule has 144 valence electrons. The van der Waals surface area contributed by atoms with Gasteiger partial charge in [0.25, 0.3) is 0 Å². The smallest absolute Gasteiger partial charge is 0.419 e. The van der Waals surface area contributed by atoms with Gasteiger partial charge in [-0.1, -0.05) is 18.2 Å². The fourth-order valence-electron chi connectivity index (χ4n) is 3.03. The van der Waals surface area contributed by atoms with E-state index in [1.165, 1.54) is 25.3 Å². The van der Waals surface area contributed by atoms with Gasteiger partial charge >= 0.3 is 12.1 Å². The molecule has 0 spiro atoms. The van der Waals surface area contributed by atoms with E-state index in [0.717, 1.165) is 12.5 Å². The normalized spacial score (nSPS) is 17.0. The molecular weight excluding hydrogens is 361 g/mol. The number of halogens is 3. The summed E-state index contributed by atoms with van der Waals surface area (Å²) < 4.78 is 49.2. The molecule has 1 aromatic heterocycles. The zero-order valence-electron chi connectivity index (χ0n) is 14.7. The highest BCUT2D eigenvalue weighted by atomic mass is 19.4. The third-order valence-corrected chi connectivity index (χ3v) is 4.41. The molecule has 1 atom stereocenters. The molecule has 1 saturated heterocycles. The number of esters is 1. The number of alkyl halides is 3. The van der Waals surface area contributed by atoms with Crippen LogP contribution in [0.15, 0.2) is 42.5 Å². The molecule has 27 heavy (non-hydrogen) atoms. The third-order valence-electron chi connectivity index (χ3n) is 4.41. The zero-order valence-corrected chi connectivity index (χ0v) is 14.7. The first-order chi connectivity index (χ1) is 12.9. The lowest BCUT2D eigenvalue weighted by Gasteiger charge is -2.19. The standard InChI is InChI=1S/C19H19F3N2O3/c1-26-18(25)15-6-4-8-17(23-15)24-10-9-13(11-24)12-27-16-7-3-2-5-14(16)19(20,21)22/h2-8,13H,9-12H2,1H3. The molecule has 1 fully saturated rings. The number of methoxy groups -OCH3 is 1. The average Bonchev–Trinajstić information content (AvgIpc) is 3.14. The number of benzene rings is 1. The molecule has 0 bridgehead atoms. The number of carbonyl (C=O) groups excluding carboxylic acids is 1. The van der Waals surface area contributed by atoms with Crippen molar-refractivity contribution in [3.8, 4) is 5.75 Å². The molecule has 2 heterocycles. The van der Waals surface area contributed by atoms with E-state index in [0.29, 0.717) is 18.9 Å². The van der Waals surface area contributed by atoms with Crippen LogP contribution in [0.1, 0.15) is 22.5 Å². The van der Waals surface area contributed by atoms with Crippen molar-refractivity contribution in [2.45, 2.75) is 12.6 Å². The molecule has 1 aliphatic rings. The second kappa shape index (κ2) is 7.85. The number of aromatic nitrogens is 1. The zero-order chi connectivity index (χ0) is 19.4. The predicted molar refractivity (Wildman–Crippen MR) is 92.8 cm³/mol. The topological polar surface area (TPSA) is 51.7 Å². The van der Waals surface area contributed by atoms with Crippen molar-refractivity contribution in [2.24, 2.45) is 5.92 Å². The minimum absolute atomic E-state index is 0.0647. The minimum atomic E-state index is -4.45. The summed E-state index contributed by atoms with van der Waals surface area (Å²) in [6.45, 7) is 1.46. The molecule has 3 rings (SSSR count). The van der Waals surface area contributed by atoms with Crippen LogP contribution in [0, 0.1) is 5.92 Å². The Morgan fingerprint density at radius 1 is 1.22 bits per heavy atom. The SMILES string of the molecule is COC(=O)c1cccc(N2CCC(COc3ccccc3C(F)(F)F)C2)n1. The lowest BCUT2D eigenvalue weighted by molar-refractivity contribution is -0.139. The Morgan fingerprint density at radius 2 is 2.00 bits per heavy atom. The van der Waals surface area contributed by atoms with Crippen molar-refractivity contribution < 1.29 is 27.4 Å². The number of nitrogens with zero attached hydrogens (tertiary/aromatic N) is 2. The number of hydrogen-bond donors (Lipinski definition) is 0. The lowest BCUT2D eigenvalue weighted by atomic mass is 10.1. The first kappa shape index (κ1) is 19.0. The molecule has 0 saturated carbocycles. The number of para-hydroxylation sites is 1. The highest BCUT2D eigenvalue weighted by Gasteiger charge is 2.34. The van der Waals surface area contributed by atoms with Gasteiger partial charge in [0.05, 0.1) is 19.3 Å². The number of anilines is 1. The van der Waals surface area contributed by atoms with E-state index >= 15 is 0 Å². The number of ether oxygens (including phenoxy) is 2. The van der Waals surface area contributed by atoms with Crippen LogP contribution in [-0.2, 0) is 10.9 Å². The van der Waals surface area contributed by atoms with Gasteiger partial charge in [-0.15, -0.1) is 0 Å². The van der Waals surface area contributed by atoms with E-state index in [4.69, 9.17) is 4.74 Å². The Balaban J connectivity index is 1.62. The summed E-state index contributed by atoms with van der Waals surface area (Å²) in [4.78, 5) is 17.9. The summed E-state index contributed by atoms with van der Waals surface area (Å²) in [5.74, 6) is 0.0277. The van der Waals surface area contributed by atoms with E-state index < -0.39 is 17.7 Å². The van der Waals surface area contributed by atoms with E-state index in [1.54, 1.807) is 18.2 Å². The van der Waals surface area contributed by atoms with Crippen molar-refractivity contribution in [2.75, 3.05) is 31.7 Å². The molecule has 0 radical (unpaired) electrons. The summed E-state index contributed by atoms with van der Waals surface area (Å²) in [5, 5.41) is 0. The quantitative estimate of drug-likeness (QED) is 0.739. The first-order valence-electron chi connectivity index (χ1n) is 8.48. The monoisotopic (exact) mass is 380 g/mol. The van der Waals surface area contributed by atoms with Crippen molar-refractivity contribution in [3.05, 3.63) is 53.7 Å². The molecule has 8 heteroatoms. The van der Waals surface area contributed by atoms with Crippen LogP contribution in [0.3, 0.4) is 0 Å².